The van der Waals surface area contributed by atoms with Gasteiger partial charge < -0.3 is 11.5 Å². The smallest absolute Gasteiger partial charge is 0.185 e. The van der Waals surface area contributed by atoms with Crippen LogP contribution in [-0.4, -0.2) is 12.5 Å². The number of hydrogen-bond donors (Lipinski definition) is 2. The molecule has 2 aromatic carbocycles. The van der Waals surface area contributed by atoms with Gasteiger partial charge in [-0.25, -0.2) is 0 Å². The van der Waals surface area contributed by atoms with Crippen molar-refractivity contribution in [2.75, 3.05) is 6.54 Å². The van der Waals surface area contributed by atoms with Crippen LogP contribution in [0.3, 0.4) is 0 Å². The highest BCUT2D eigenvalue weighted by atomic mass is 127. The van der Waals surface area contributed by atoms with Crippen molar-refractivity contribution >= 4 is 40.7 Å². The van der Waals surface area contributed by atoms with Gasteiger partial charge in [0.05, 0.1) is 0 Å². The standard InChI is InChI=1S/C13H15N3.HI/c14-13(15)16-9-8-11-6-3-5-10-4-1-2-7-12(10)11;/h1-7H,8-9H2,(H4,14,15,16);1H. The summed E-state index contributed by atoms with van der Waals surface area (Å²) in [6, 6.07) is 14.6. The van der Waals surface area contributed by atoms with Gasteiger partial charge in [0.25, 0.3) is 0 Å². The fraction of sp³-hybridized carbons (Fsp3) is 0.154. The summed E-state index contributed by atoms with van der Waals surface area (Å²) in [6.07, 6.45) is 0.860. The van der Waals surface area contributed by atoms with Gasteiger partial charge >= 0.3 is 0 Å². The molecule has 0 radical (unpaired) electrons. The van der Waals surface area contributed by atoms with Gasteiger partial charge in [0.15, 0.2) is 5.96 Å². The summed E-state index contributed by atoms with van der Waals surface area (Å²) in [6.45, 7) is 0.635. The molecule has 4 N–H and O–H groups in total. The number of halogens is 1. The Kier molecular flexibility index (Phi) is 5.21. The van der Waals surface area contributed by atoms with E-state index >= 15 is 0 Å². The Bertz CT molecular complexity index is 514. The molecule has 90 valence electrons. The van der Waals surface area contributed by atoms with Crippen LogP contribution in [0.1, 0.15) is 5.56 Å². The molecule has 0 aliphatic carbocycles. The van der Waals surface area contributed by atoms with E-state index in [2.05, 4.69) is 35.3 Å². The molecule has 0 aromatic heterocycles. The van der Waals surface area contributed by atoms with E-state index in [1.807, 2.05) is 12.1 Å². The Labute approximate surface area is 118 Å². The third-order valence-electron chi connectivity index (χ3n) is 2.56. The predicted molar refractivity (Wildman–Crippen MR) is 83.7 cm³/mol. The summed E-state index contributed by atoms with van der Waals surface area (Å²) in [5.41, 5.74) is 11.9. The van der Waals surface area contributed by atoms with Gasteiger partial charge in [-0.1, -0.05) is 42.5 Å². The van der Waals surface area contributed by atoms with E-state index in [-0.39, 0.29) is 29.9 Å². The van der Waals surface area contributed by atoms with Crippen LogP contribution in [0, 0.1) is 0 Å². The van der Waals surface area contributed by atoms with Gasteiger partial charge in [-0.2, -0.15) is 0 Å². The highest BCUT2D eigenvalue weighted by Gasteiger charge is 1.99. The highest BCUT2D eigenvalue weighted by Crippen LogP contribution is 2.18. The molecule has 0 spiro atoms. The van der Waals surface area contributed by atoms with Crippen molar-refractivity contribution in [1.82, 2.24) is 0 Å². The molecule has 0 bridgehead atoms. The number of nitrogens with zero attached hydrogens (tertiary/aromatic N) is 1. The van der Waals surface area contributed by atoms with Crippen molar-refractivity contribution in [3.63, 3.8) is 0 Å². The average Bonchev–Trinajstić information content (AvgIpc) is 2.29. The van der Waals surface area contributed by atoms with Gasteiger partial charge in [0, 0.05) is 6.54 Å². The number of guanidine groups is 1. The predicted octanol–water partition coefficient (Wildman–Crippen LogP) is 2.27. The van der Waals surface area contributed by atoms with Crippen molar-refractivity contribution < 1.29 is 0 Å². The van der Waals surface area contributed by atoms with E-state index in [1.165, 1.54) is 16.3 Å². The minimum absolute atomic E-state index is 0. The molecular formula is C13H16IN3. The van der Waals surface area contributed by atoms with Crippen LogP contribution in [0.2, 0.25) is 0 Å². The lowest BCUT2D eigenvalue weighted by Crippen LogP contribution is -2.23. The van der Waals surface area contributed by atoms with E-state index < -0.39 is 0 Å². The summed E-state index contributed by atoms with van der Waals surface area (Å²) in [5, 5.41) is 2.53. The fourth-order valence-electron chi connectivity index (χ4n) is 1.82. The van der Waals surface area contributed by atoms with E-state index in [0.717, 1.165) is 6.42 Å². The second kappa shape index (κ2) is 6.44. The molecule has 0 saturated carbocycles. The molecule has 17 heavy (non-hydrogen) atoms. The highest BCUT2D eigenvalue weighted by molar-refractivity contribution is 14.0. The first kappa shape index (κ1) is 13.8. The molecular weight excluding hydrogens is 325 g/mol. The summed E-state index contributed by atoms with van der Waals surface area (Å²) >= 11 is 0. The normalized spacial score (nSPS) is 9.65. The molecule has 0 aliphatic rings. The molecule has 0 fully saturated rings. The van der Waals surface area contributed by atoms with Crippen LogP contribution in [0.25, 0.3) is 10.8 Å². The average molecular weight is 341 g/mol. The van der Waals surface area contributed by atoms with Crippen LogP contribution in [0.4, 0.5) is 0 Å². The Morgan fingerprint density at radius 3 is 2.47 bits per heavy atom. The molecule has 0 amide bonds. The zero-order valence-corrected chi connectivity index (χ0v) is 11.8. The van der Waals surface area contributed by atoms with Crippen molar-refractivity contribution in [3.05, 3.63) is 48.0 Å². The quantitative estimate of drug-likeness (QED) is 0.511. The minimum atomic E-state index is 0. The SMILES string of the molecule is I.NC(N)=NCCc1cccc2ccccc12. The molecule has 3 nitrogen and oxygen atoms in total. The van der Waals surface area contributed by atoms with E-state index in [1.54, 1.807) is 0 Å². The van der Waals surface area contributed by atoms with E-state index in [4.69, 9.17) is 11.5 Å². The molecule has 0 saturated heterocycles. The van der Waals surface area contributed by atoms with Gasteiger partial charge in [-0.3, -0.25) is 4.99 Å². The molecule has 0 unspecified atom stereocenters. The summed E-state index contributed by atoms with van der Waals surface area (Å²) in [4.78, 5) is 4.00. The summed E-state index contributed by atoms with van der Waals surface area (Å²) in [5.74, 6) is 0.153. The lowest BCUT2D eigenvalue weighted by molar-refractivity contribution is 0.970. The molecule has 0 atom stereocenters. The number of nitrogens with two attached hydrogens (primary N) is 2. The van der Waals surface area contributed by atoms with Crippen molar-refractivity contribution in [1.29, 1.82) is 0 Å². The fourth-order valence-corrected chi connectivity index (χ4v) is 1.82. The van der Waals surface area contributed by atoms with Gasteiger partial charge in [0.1, 0.15) is 0 Å². The van der Waals surface area contributed by atoms with Gasteiger partial charge in [-0.15, -0.1) is 24.0 Å². The number of hydrogen-bond acceptors (Lipinski definition) is 1. The third kappa shape index (κ3) is 3.59. The second-order valence-electron chi connectivity index (χ2n) is 3.69. The minimum Gasteiger partial charge on any atom is -0.370 e. The zero-order valence-electron chi connectivity index (χ0n) is 9.47. The summed E-state index contributed by atoms with van der Waals surface area (Å²) in [7, 11) is 0. The van der Waals surface area contributed by atoms with E-state index in [9.17, 15) is 0 Å². The number of fused-ring (bicyclic) bond motifs is 1. The Morgan fingerprint density at radius 1 is 1.00 bits per heavy atom. The maximum Gasteiger partial charge on any atom is 0.185 e. The van der Waals surface area contributed by atoms with Crippen LogP contribution >= 0.6 is 24.0 Å². The number of benzene rings is 2. The first-order valence-corrected chi connectivity index (χ1v) is 5.29. The van der Waals surface area contributed by atoms with Gasteiger partial charge in [-0.05, 0) is 22.8 Å². The largest absolute Gasteiger partial charge is 0.370 e. The molecule has 4 heteroatoms. The van der Waals surface area contributed by atoms with Crippen LogP contribution in [0.15, 0.2) is 47.5 Å². The topological polar surface area (TPSA) is 64.4 Å². The van der Waals surface area contributed by atoms with Crippen LogP contribution < -0.4 is 11.5 Å². The molecule has 0 aliphatic heterocycles. The van der Waals surface area contributed by atoms with Crippen molar-refractivity contribution in [2.45, 2.75) is 6.42 Å². The van der Waals surface area contributed by atoms with Crippen LogP contribution in [0.5, 0.6) is 0 Å². The molecule has 0 heterocycles. The lowest BCUT2D eigenvalue weighted by atomic mass is 10.0. The lowest BCUT2D eigenvalue weighted by Gasteiger charge is -2.04. The Hall–Kier alpha value is -1.30. The Morgan fingerprint density at radius 2 is 1.71 bits per heavy atom. The van der Waals surface area contributed by atoms with Crippen molar-refractivity contribution in [2.24, 2.45) is 16.5 Å². The first-order chi connectivity index (χ1) is 7.77. The number of rotatable bonds is 3. The third-order valence-corrected chi connectivity index (χ3v) is 2.56. The zero-order chi connectivity index (χ0) is 11.4. The molecule has 2 rings (SSSR count). The Balaban J connectivity index is 0.00000144. The first-order valence-electron chi connectivity index (χ1n) is 5.29. The summed E-state index contributed by atoms with van der Waals surface area (Å²) < 4.78 is 0. The monoisotopic (exact) mass is 341 g/mol. The van der Waals surface area contributed by atoms with Crippen LogP contribution in [-0.2, 0) is 6.42 Å². The maximum atomic E-state index is 5.30. The maximum absolute atomic E-state index is 5.30. The van der Waals surface area contributed by atoms with Gasteiger partial charge in [0.2, 0.25) is 0 Å². The van der Waals surface area contributed by atoms with E-state index in [0.29, 0.717) is 6.54 Å². The second-order valence-corrected chi connectivity index (χ2v) is 3.69. The molecule has 2 aromatic rings. The number of aliphatic imine (C=N–C) groups is 1. The van der Waals surface area contributed by atoms with Crippen molar-refractivity contribution in [3.8, 4) is 0 Å².